The van der Waals surface area contributed by atoms with Gasteiger partial charge in [-0.25, -0.2) is 4.98 Å². The molecule has 0 fully saturated rings. The average Bonchev–Trinajstić information content (AvgIpc) is 2.67. The van der Waals surface area contributed by atoms with Crippen LogP contribution in [-0.2, 0) is 16.0 Å². The van der Waals surface area contributed by atoms with Gasteiger partial charge in [0.1, 0.15) is 11.4 Å². The van der Waals surface area contributed by atoms with Crippen LogP contribution in [0.4, 0.5) is 0 Å². The van der Waals surface area contributed by atoms with E-state index in [-0.39, 0.29) is 5.97 Å². The van der Waals surface area contributed by atoms with E-state index in [2.05, 4.69) is 25.9 Å². The quantitative estimate of drug-likeness (QED) is 0.863. The summed E-state index contributed by atoms with van der Waals surface area (Å²) in [5.41, 5.74) is 2.60. The summed E-state index contributed by atoms with van der Waals surface area (Å²) in [7, 11) is 0. The summed E-state index contributed by atoms with van der Waals surface area (Å²) in [6.45, 7) is 7.62. The van der Waals surface area contributed by atoms with Crippen molar-refractivity contribution >= 4 is 32.9 Å². The molecule has 0 aliphatic heterocycles. The highest BCUT2D eigenvalue weighted by Crippen LogP contribution is 2.22. The molecule has 4 nitrogen and oxygen atoms in total. The molecule has 2 aromatic rings. The maximum atomic E-state index is 11.7. The maximum Gasteiger partial charge on any atom is 0.306 e. The molecule has 0 aliphatic carbocycles. The molecule has 2 rings (SSSR count). The molecule has 20 heavy (non-hydrogen) atoms. The number of H-pyrrole nitrogens is 1. The first-order valence-electron chi connectivity index (χ1n) is 6.61. The predicted octanol–water partition coefficient (Wildman–Crippen LogP) is 3.91. The van der Waals surface area contributed by atoms with E-state index in [1.54, 1.807) is 0 Å². The first kappa shape index (κ1) is 15.0. The topological polar surface area (TPSA) is 55.0 Å². The molecule has 0 atom stereocenters. The number of aryl methyl sites for hydroxylation is 2. The number of fused-ring (bicyclic) bond motifs is 1. The Morgan fingerprint density at radius 2 is 2.10 bits per heavy atom. The number of esters is 1. The van der Waals surface area contributed by atoms with Gasteiger partial charge in [0.05, 0.1) is 17.5 Å². The molecule has 0 saturated carbocycles. The van der Waals surface area contributed by atoms with Crippen molar-refractivity contribution < 1.29 is 9.53 Å². The number of halogens is 1. The van der Waals surface area contributed by atoms with E-state index >= 15 is 0 Å². The van der Waals surface area contributed by atoms with Gasteiger partial charge < -0.3 is 9.72 Å². The summed E-state index contributed by atoms with van der Waals surface area (Å²) >= 11 is 3.47. The summed E-state index contributed by atoms with van der Waals surface area (Å²) < 4.78 is 6.31. The van der Waals surface area contributed by atoms with E-state index < -0.39 is 5.60 Å². The van der Waals surface area contributed by atoms with Gasteiger partial charge in [-0.15, -0.1) is 0 Å². The molecule has 0 spiro atoms. The van der Waals surface area contributed by atoms with E-state index in [1.807, 2.05) is 39.8 Å². The van der Waals surface area contributed by atoms with Crippen molar-refractivity contribution in [2.75, 3.05) is 0 Å². The number of ether oxygens (including phenoxy) is 1. The second-order valence-electron chi connectivity index (χ2n) is 5.89. The van der Waals surface area contributed by atoms with Gasteiger partial charge in [-0.1, -0.05) is 15.9 Å². The lowest BCUT2D eigenvalue weighted by atomic mass is 10.2. The molecule has 5 heteroatoms. The third-order valence-corrected chi connectivity index (χ3v) is 3.23. The van der Waals surface area contributed by atoms with E-state index in [0.717, 1.165) is 26.9 Å². The van der Waals surface area contributed by atoms with Gasteiger partial charge in [-0.05, 0) is 45.4 Å². The highest BCUT2D eigenvalue weighted by atomic mass is 79.9. The number of aromatic amines is 1. The first-order chi connectivity index (χ1) is 9.24. The molecule has 0 saturated heterocycles. The molecule has 1 heterocycles. The monoisotopic (exact) mass is 338 g/mol. The van der Waals surface area contributed by atoms with Gasteiger partial charge in [0.25, 0.3) is 0 Å². The number of hydrogen-bond acceptors (Lipinski definition) is 3. The fourth-order valence-corrected chi connectivity index (χ4v) is 2.60. The van der Waals surface area contributed by atoms with Gasteiger partial charge >= 0.3 is 5.97 Å². The molecule has 1 N–H and O–H groups in total. The minimum atomic E-state index is -0.438. The van der Waals surface area contributed by atoms with Gasteiger partial charge in [-0.3, -0.25) is 4.79 Å². The minimum absolute atomic E-state index is 0.198. The fraction of sp³-hybridized carbons (Fsp3) is 0.467. The number of hydrogen-bond donors (Lipinski definition) is 1. The normalized spacial score (nSPS) is 11.8. The third kappa shape index (κ3) is 3.82. The number of benzene rings is 1. The molecule has 1 aromatic carbocycles. The molecule has 1 aromatic heterocycles. The Hall–Kier alpha value is -1.36. The van der Waals surface area contributed by atoms with Gasteiger partial charge in [0.15, 0.2) is 0 Å². The van der Waals surface area contributed by atoms with Crippen LogP contribution >= 0.6 is 15.9 Å². The Morgan fingerprint density at radius 3 is 2.75 bits per heavy atom. The zero-order chi connectivity index (χ0) is 14.9. The van der Waals surface area contributed by atoms with Crippen LogP contribution in [0.1, 0.15) is 38.6 Å². The number of imidazole rings is 1. The van der Waals surface area contributed by atoms with Gasteiger partial charge in [-0.2, -0.15) is 0 Å². The molecule has 108 valence electrons. The SMILES string of the molecule is Cc1cc(Br)cc2[nH]c(CCC(=O)OC(C)(C)C)nc12. The summed E-state index contributed by atoms with van der Waals surface area (Å²) in [5, 5.41) is 0. The molecule has 0 bridgehead atoms. The zero-order valence-electron chi connectivity index (χ0n) is 12.2. The lowest BCUT2D eigenvalue weighted by Crippen LogP contribution is -2.24. The van der Waals surface area contributed by atoms with Crippen LogP contribution in [-0.4, -0.2) is 21.5 Å². The van der Waals surface area contributed by atoms with E-state index in [9.17, 15) is 4.79 Å². The van der Waals surface area contributed by atoms with Crippen molar-refractivity contribution in [2.45, 2.75) is 46.1 Å². The number of rotatable bonds is 3. The van der Waals surface area contributed by atoms with Crippen LogP contribution in [0.2, 0.25) is 0 Å². The Labute approximate surface area is 127 Å². The van der Waals surface area contributed by atoms with Crippen molar-refractivity contribution in [1.29, 1.82) is 0 Å². The largest absolute Gasteiger partial charge is 0.460 e. The molecule has 0 unspecified atom stereocenters. The number of nitrogens with zero attached hydrogens (tertiary/aromatic N) is 1. The van der Waals surface area contributed by atoms with Crippen LogP contribution in [0.5, 0.6) is 0 Å². The maximum absolute atomic E-state index is 11.7. The average molecular weight is 339 g/mol. The Kier molecular flexibility index (Phi) is 4.18. The van der Waals surface area contributed by atoms with Crippen LogP contribution in [0.15, 0.2) is 16.6 Å². The number of carbonyl (C=O) groups excluding carboxylic acids is 1. The van der Waals surface area contributed by atoms with Gasteiger partial charge in [0.2, 0.25) is 0 Å². The minimum Gasteiger partial charge on any atom is -0.460 e. The molecule has 0 radical (unpaired) electrons. The highest BCUT2D eigenvalue weighted by molar-refractivity contribution is 9.10. The third-order valence-electron chi connectivity index (χ3n) is 2.78. The second-order valence-corrected chi connectivity index (χ2v) is 6.80. The standard InChI is InChI=1S/C15H19BrN2O2/c1-9-7-10(16)8-11-14(9)18-12(17-11)5-6-13(19)20-15(2,3)4/h7-8H,5-6H2,1-4H3,(H,17,18). The number of aromatic nitrogens is 2. The predicted molar refractivity (Wildman–Crippen MR) is 82.7 cm³/mol. The zero-order valence-corrected chi connectivity index (χ0v) is 13.8. The lowest BCUT2D eigenvalue weighted by Gasteiger charge is -2.19. The smallest absolute Gasteiger partial charge is 0.306 e. The highest BCUT2D eigenvalue weighted by Gasteiger charge is 2.16. The van der Waals surface area contributed by atoms with Crippen LogP contribution in [0.3, 0.4) is 0 Å². The first-order valence-corrected chi connectivity index (χ1v) is 7.40. The van der Waals surface area contributed by atoms with Crippen molar-refractivity contribution in [3.05, 3.63) is 28.0 Å². The molecule has 0 aliphatic rings. The van der Waals surface area contributed by atoms with E-state index in [0.29, 0.717) is 12.8 Å². The molecular weight excluding hydrogens is 320 g/mol. The molecule has 0 amide bonds. The summed E-state index contributed by atoms with van der Waals surface area (Å²) in [6.07, 6.45) is 0.887. The second kappa shape index (κ2) is 5.56. The Morgan fingerprint density at radius 1 is 1.40 bits per heavy atom. The van der Waals surface area contributed by atoms with Crippen molar-refractivity contribution in [1.82, 2.24) is 9.97 Å². The molecular formula is C15H19BrN2O2. The summed E-state index contributed by atoms with van der Waals surface area (Å²) in [5.74, 6) is 0.614. The fourth-order valence-electron chi connectivity index (χ4n) is 2.03. The van der Waals surface area contributed by atoms with Gasteiger partial charge in [0, 0.05) is 10.9 Å². The summed E-state index contributed by atoms with van der Waals surface area (Å²) in [4.78, 5) is 19.5. The van der Waals surface area contributed by atoms with Crippen LogP contribution < -0.4 is 0 Å². The van der Waals surface area contributed by atoms with Crippen LogP contribution in [0, 0.1) is 6.92 Å². The number of carbonyl (C=O) groups is 1. The summed E-state index contributed by atoms with van der Waals surface area (Å²) in [6, 6.07) is 4.02. The Balaban J connectivity index is 2.08. The lowest BCUT2D eigenvalue weighted by molar-refractivity contribution is -0.154. The van der Waals surface area contributed by atoms with Crippen molar-refractivity contribution in [3.8, 4) is 0 Å². The Bertz CT molecular complexity index is 641. The van der Waals surface area contributed by atoms with Crippen LogP contribution in [0.25, 0.3) is 11.0 Å². The van der Waals surface area contributed by atoms with E-state index in [1.165, 1.54) is 0 Å². The van der Waals surface area contributed by atoms with Crippen molar-refractivity contribution in [2.24, 2.45) is 0 Å². The number of nitrogens with one attached hydrogen (secondary N) is 1. The van der Waals surface area contributed by atoms with E-state index in [4.69, 9.17) is 4.74 Å². The van der Waals surface area contributed by atoms with Crippen molar-refractivity contribution in [3.63, 3.8) is 0 Å².